The van der Waals surface area contributed by atoms with Crippen LogP contribution in [-0.2, 0) is 6.54 Å². The summed E-state index contributed by atoms with van der Waals surface area (Å²) in [4.78, 5) is 2.36. The lowest BCUT2D eigenvalue weighted by Crippen LogP contribution is -2.29. The van der Waals surface area contributed by atoms with E-state index in [1.54, 1.807) is 0 Å². The summed E-state index contributed by atoms with van der Waals surface area (Å²) in [6.45, 7) is 2.99. The second-order valence-corrected chi connectivity index (χ2v) is 8.59. The number of hydrogen-bond acceptors (Lipinski definition) is 2. The normalized spacial score (nSPS) is 14.4. The minimum atomic E-state index is 0.360. The van der Waals surface area contributed by atoms with Crippen LogP contribution in [0.5, 0.6) is 5.75 Å². The van der Waals surface area contributed by atoms with Crippen LogP contribution < -0.4 is 4.90 Å². The van der Waals surface area contributed by atoms with Crippen LogP contribution in [0, 0.1) is 0 Å². The first kappa shape index (κ1) is 19.7. The summed E-state index contributed by atoms with van der Waals surface area (Å²) in [6, 6.07) is 27.7. The standard InChI is InChI=1S/C28H30N2O/c31-27-15-14-26-25(28(27)30-18-8-3-9-19-30)17-21-29(26)20-16-24(22-10-4-1-5-11-22)23-12-6-2-7-13-23/h1-2,4-7,10-15,17,21,24,31H,3,8-9,16,18-20H2. The molecule has 3 heteroatoms. The Bertz CT molecular complexity index is 1090. The minimum Gasteiger partial charge on any atom is -0.506 e. The summed E-state index contributed by atoms with van der Waals surface area (Å²) in [5, 5.41) is 11.8. The van der Waals surface area contributed by atoms with Crippen LogP contribution >= 0.6 is 0 Å². The van der Waals surface area contributed by atoms with E-state index in [1.807, 2.05) is 6.07 Å². The fourth-order valence-corrected chi connectivity index (χ4v) is 5.05. The smallest absolute Gasteiger partial charge is 0.139 e. The first-order chi connectivity index (χ1) is 15.3. The number of nitrogens with zero attached hydrogens (tertiary/aromatic N) is 2. The maximum atomic E-state index is 10.6. The van der Waals surface area contributed by atoms with Gasteiger partial charge in [-0.2, -0.15) is 0 Å². The molecule has 1 aromatic heterocycles. The monoisotopic (exact) mass is 410 g/mol. The van der Waals surface area contributed by atoms with Crippen LogP contribution in [0.2, 0.25) is 0 Å². The summed E-state index contributed by atoms with van der Waals surface area (Å²) in [5.41, 5.74) is 4.94. The number of fused-ring (bicyclic) bond motifs is 1. The van der Waals surface area contributed by atoms with E-state index in [0.717, 1.165) is 37.1 Å². The Balaban J connectivity index is 1.45. The predicted molar refractivity (Wildman–Crippen MR) is 129 cm³/mol. The molecule has 1 saturated heterocycles. The third-order valence-corrected chi connectivity index (χ3v) is 6.64. The molecule has 0 unspecified atom stereocenters. The van der Waals surface area contributed by atoms with Crippen molar-refractivity contribution >= 4 is 16.6 Å². The van der Waals surface area contributed by atoms with Gasteiger partial charge in [-0.15, -0.1) is 0 Å². The van der Waals surface area contributed by atoms with Crippen molar-refractivity contribution in [3.05, 3.63) is 96.2 Å². The molecule has 0 atom stereocenters. The first-order valence-corrected chi connectivity index (χ1v) is 11.5. The van der Waals surface area contributed by atoms with Crippen molar-refractivity contribution in [2.75, 3.05) is 18.0 Å². The molecule has 31 heavy (non-hydrogen) atoms. The molecule has 5 rings (SSSR count). The maximum Gasteiger partial charge on any atom is 0.139 e. The molecule has 0 bridgehead atoms. The largest absolute Gasteiger partial charge is 0.506 e. The minimum absolute atomic E-state index is 0.360. The van der Waals surface area contributed by atoms with Crippen molar-refractivity contribution in [2.24, 2.45) is 0 Å². The van der Waals surface area contributed by atoms with E-state index in [4.69, 9.17) is 0 Å². The average molecular weight is 411 g/mol. The number of aromatic nitrogens is 1. The Hall–Kier alpha value is -3.20. The number of anilines is 1. The van der Waals surface area contributed by atoms with E-state index in [2.05, 4.69) is 88.5 Å². The predicted octanol–water partition coefficient (Wildman–Crippen LogP) is 6.56. The van der Waals surface area contributed by atoms with Crippen LogP contribution in [0.3, 0.4) is 0 Å². The first-order valence-electron chi connectivity index (χ1n) is 11.5. The molecule has 0 radical (unpaired) electrons. The van der Waals surface area contributed by atoms with Gasteiger partial charge in [0.05, 0.1) is 11.2 Å². The molecule has 0 spiro atoms. The number of benzene rings is 3. The van der Waals surface area contributed by atoms with E-state index < -0.39 is 0 Å². The van der Waals surface area contributed by atoms with Gasteiger partial charge in [0.2, 0.25) is 0 Å². The highest BCUT2D eigenvalue weighted by atomic mass is 16.3. The topological polar surface area (TPSA) is 28.4 Å². The van der Waals surface area contributed by atoms with E-state index >= 15 is 0 Å². The lowest BCUT2D eigenvalue weighted by atomic mass is 9.88. The number of rotatable bonds is 6. The van der Waals surface area contributed by atoms with Gasteiger partial charge >= 0.3 is 0 Å². The SMILES string of the molecule is Oc1ccc2c(ccn2CCC(c2ccccc2)c2ccccc2)c1N1CCCCC1. The average Bonchev–Trinajstić information content (AvgIpc) is 3.24. The highest BCUT2D eigenvalue weighted by Crippen LogP contribution is 2.38. The van der Waals surface area contributed by atoms with Gasteiger partial charge in [0.15, 0.2) is 0 Å². The fraction of sp³-hybridized carbons (Fsp3) is 0.286. The van der Waals surface area contributed by atoms with Crippen molar-refractivity contribution in [1.29, 1.82) is 0 Å². The molecule has 0 aliphatic carbocycles. The summed E-state index contributed by atoms with van der Waals surface area (Å²) >= 11 is 0. The van der Waals surface area contributed by atoms with Crippen molar-refractivity contribution in [1.82, 2.24) is 4.57 Å². The lowest BCUT2D eigenvalue weighted by Gasteiger charge is -2.30. The van der Waals surface area contributed by atoms with Crippen LogP contribution in [0.1, 0.15) is 42.7 Å². The number of piperidine rings is 1. The molecule has 1 N–H and O–H groups in total. The van der Waals surface area contributed by atoms with Crippen molar-refractivity contribution in [3.8, 4) is 5.75 Å². The summed E-state index contributed by atoms with van der Waals surface area (Å²) in [5.74, 6) is 0.761. The van der Waals surface area contributed by atoms with Gasteiger partial charge < -0.3 is 14.6 Å². The van der Waals surface area contributed by atoms with Crippen molar-refractivity contribution < 1.29 is 5.11 Å². The number of aryl methyl sites for hydroxylation is 1. The Labute approximate surface area is 184 Å². The van der Waals surface area contributed by atoms with Crippen molar-refractivity contribution in [2.45, 2.75) is 38.1 Å². The van der Waals surface area contributed by atoms with E-state index in [-0.39, 0.29) is 0 Å². The van der Waals surface area contributed by atoms with Gasteiger partial charge in [-0.25, -0.2) is 0 Å². The maximum absolute atomic E-state index is 10.6. The molecule has 4 aromatic rings. The van der Waals surface area contributed by atoms with Crippen LogP contribution in [0.4, 0.5) is 5.69 Å². The Morgan fingerprint density at radius 3 is 2.03 bits per heavy atom. The molecule has 1 aliphatic rings. The molecular weight excluding hydrogens is 380 g/mol. The van der Waals surface area contributed by atoms with Gasteiger partial charge in [0.1, 0.15) is 5.75 Å². The van der Waals surface area contributed by atoms with Gasteiger partial charge in [0, 0.05) is 37.1 Å². The van der Waals surface area contributed by atoms with Crippen LogP contribution in [-0.4, -0.2) is 22.8 Å². The summed E-state index contributed by atoms with van der Waals surface area (Å²) < 4.78 is 2.35. The molecule has 3 aromatic carbocycles. The third-order valence-electron chi connectivity index (χ3n) is 6.64. The zero-order chi connectivity index (χ0) is 21.0. The Kier molecular flexibility index (Phi) is 5.66. The van der Waals surface area contributed by atoms with Crippen molar-refractivity contribution in [3.63, 3.8) is 0 Å². The molecule has 0 saturated carbocycles. The van der Waals surface area contributed by atoms with Gasteiger partial charge in [-0.3, -0.25) is 0 Å². The lowest BCUT2D eigenvalue weighted by molar-refractivity contribution is 0.470. The highest BCUT2D eigenvalue weighted by molar-refractivity contribution is 5.96. The molecule has 2 heterocycles. The third kappa shape index (κ3) is 4.05. The summed E-state index contributed by atoms with van der Waals surface area (Å²) in [7, 11) is 0. The molecule has 3 nitrogen and oxygen atoms in total. The Morgan fingerprint density at radius 2 is 1.39 bits per heavy atom. The number of phenols is 1. The molecule has 1 fully saturated rings. The van der Waals surface area contributed by atoms with E-state index in [9.17, 15) is 5.11 Å². The zero-order valence-electron chi connectivity index (χ0n) is 18.0. The molecular formula is C28H30N2O. The zero-order valence-corrected chi connectivity index (χ0v) is 18.0. The number of phenolic OH excluding ortho intramolecular Hbond substituents is 1. The van der Waals surface area contributed by atoms with Gasteiger partial charge in [-0.05, 0) is 55.0 Å². The van der Waals surface area contributed by atoms with Gasteiger partial charge in [-0.1, -0.05) is 60.7 Å². The molecule has 0 amide bonds. The molecule has 158 valence electrons. The van der Waals surface area contributed by atoms with Crippen LogP contribution in [0.25, 0.3) is 10.9 Å². The number of hydrogen-bond donors (Lipinski definition) is 1. The van der Waals surface area contributed by atoms with Gasteiger partial charge in [0.25, 0.3) is 0 Å². The van der Waals surface area contributed by atoms with Crippen LogP contribution in [0.15, 0.2) is 85.1 Å². The quantitative estimate of drug-likeness (QED) is 0.390. The fourth-order valence-electron chi connectivity index (χ4n) is 5.05. The molecule has 1 aliphatic heterocycles. The highest BCUT2D eigenvalue weighted by Gasteiger charge is 2.20. The summed E-state index contributed by atoms with van der Waals surface area (Å²) in [6.07, 6.45) is 6.90. The van der Waals surface area contributed by atoms with E-state index in [0.29, 0.717) is 11.7 Å². The second-order valence-electron chi connectivity index (χ2n) is 8.59. The second kappa shape index (κ2) is 8.89. The number of aromatic hydroxyl groups is 1. The van der Waals surface area contributed by atoms with E-state index in [1.165, 1.54) is 35.9 Å². The Morgan fingerprint density at radius 1 is 0.742 bits per heavy atom.